The van der Waals surface area contributed by atoms with Gasteiger partial charge in [-0.3, -0.25) is 19.2 Å². The Labute approximate surface area is 218 Å². The number of benzene rings is 1. The highest BCUT2D eigenvalue weighted by Gasteiger charge is 2.32. The summed E-state index contributed by atoms with van der Waals surface area (Å²) in [6.45, 7) is 3.41. The molecule has 0 saturated heterocycles. The van der Waals surface area contributed by atoms with E-state index in [9.17, 15) is 34.2 Å². The van der Waals surface area contributed by atoms with Crippen molar-refractivity contribution in [2.45, 2.75) is 57.3 Å². The largest absolute Gasteiger partial charge is 0.508 e. The quantitative estimate of drug-likeness (QED) is 0.138. The van der Waals surface area contributed by atoms with E-state index in [0.717, 1.165) is 0 Å². The van der Waals surface area contributed by atoms with Crippen LogP contribution in [0, 0.1) is 5.92 Å². The van der Waals surface area contributed by atoms with Crippen molar-refractivity contribution in [3.63, 3.8) is 0 Å². The van der Waals surface area contributed by atoms with Crippen LogP contribution in [0.15, 0.2) is 36.8 Å². The van der Waals surface area contributed by atoms with E-state index < -0.39 is 60.2 Å². The van der Waals surface area contributed by atoms with Crippen LogP contribution in [0.2, 0.25) is 0 Å². The van der Waals surface area contributed by atoms with Crippen molar-refractivity contribution in [3.05, 3.63) is 48.0 Å². The van der Waals surface area contributed by atoms with E-state index in [0.29, 0.717) is 11.3 Å². The summed E-state index contributed by atoms with van der Waals surface area (Å²) in [5.41, 5.74) is 12.1. The third-order valence-corrected chi connectivity index (χ3v) is 5.66. The van der Waals surface area contributed by atoms with Gasteiger partial charge in [0.2, 0.25) is 23.6 Å². The Morgan fingerprint density at radius 2 is 1.50 bits per heavy atom. The second kappa shape index (κ2) is 13.7. The molecule has 10 N–H and O–H groups in total. The van der Waals surface area contributed by atoms with Crippen molar-refractivity contribution in [3.8, 4) is 5.75 Å². The fraction of sp³-hybridized carbons (Fsp3) is 0.417. The number of primary amides is 1. The van der Waals surface area contributed by atoms with Crippen LogP contribution in [0.25, 0.3) is 0 Å². The van der Waals surface area contributed by atoms with E-state index in [-0.39, 0.29) is 24.5 Å². The lowest BCUT2D eigenvalue weighted by Gasteiger charge is -2.25. The van der Waals surface area contributed by atoms with Gasteiger partial charge in [-0.05, 0) is 23.6 Å². The van der Waals surface area contributed by atoms with Gasteiger partial charge in [0.1, 0.15) is 23.9 Å². The van der Waals surface area contributed by atoms with Crippen molar-refractivity contribution in [1.82, 2.24) is 25.9 Å². The van der Waals surface area contributed by atoms with Crippen LogP contribution in [0.5, 0.6) is 5.75 Å². The smallest absolute Gasteiger partial charge is 0.326 e. The van der Waals surface area contributed by atoms with Gasteiger partial charge >= 0.3 is 5.97 Å². The summed E-state index contributed by atoms with van der Waals surface area (Å²) in [6, 6.07) is 0.743. The minimum absolute atomic E-state index is 0.000971. The number of amides is 4. The number of aromatic amines is 1. The van der Waals surface area contributed by atoms with Crippen molar-refractivity contribution < 1.29 is 34.2 Å². The minimum atomic E-state index is -1.42. The third kappa shape index (κ3) is 9.20. The summed E-state index contributed by atoms with van der Waals surface area (Å²) < 4.78 is 0. The van der Waals surface area contributed by atoms with Gasteiger partial charge in [0, 0.05) is 24.7 Å². The minimum Gasteiger partial charge on any atom is -0.508 e. The van der Waals surface area contributed by atoms with Gasteiger partial charge in [0.25, 0.3) is 0 Å². The Hall–Kier alpha value is -4.46. The number of carboxylic acid groups (broad SMARTS) is 1. The maximum Gasteiger partial charge on any atom is 0.326 e. The molecule has 4 atom stereocenters. The number of carbonyl (C=O) groups is 5. The van der Waals surface area contributed by atoms with E-state index in [1.807, 2.05) is 0 Å². The first-order chi connectivity index (χ1) is 17.9. The zero-order valence-corrected chi connectivity index (χ0v) is 21.0. The maximum atomic E-state index is 13.2. The number of nitrogens with one attached hydrogen (secondary N) is 4. The molecule has 1 heterocycles. The molecule has 1 aromatic carbocycles. The number of rotatable bonds is 14. The fourth-order valence-electron chi connectivity index (χ4n) is 3.42. The lowest BCUT2D eigenvalue weighted by Crippen LogP contribution is -2.58. The number of nitrogens with two attached hydrogens (primary N) is 2. The summed E-state index contributed by atoms with van der Waals surface area (Å²) >= 11 is 0. The number of H-pyrrole nitrogens is 1. The van der Waals surface area contributed by atoms with Crippen LogP contribution in [0.1, 0.15) is 31.5 Å². The van der Waals surface area contributed by atoms with Crippen LogP contribution < -0.4 is 27.4 Å². The Kier molecular flexibility index (Phi) is 10.8. The van der Waals surface area contributed by atoms with Gasteiger partial charge in [-0.15, -0.1) is 0 Å². The second-order valence-electron chi connectivity index (χ2n) is 9.11. The zero-order valence-electron chi connectivity index (χ0n) is 21.0. The summed E-state index contributed by atoms with van der Waals surface area (Å²) in [7, 11) is 0. The Bertz CT molecular complexity index is 1120. The van der Waals surface area contributed by atoms with Crippen molar-refractivity contribution in [2.75, 3.05) is 0 Å². The van der Waals surface area contributed by atoms with Crippen molar-refractivity contribution >= 4 is 29.6 Å². The molecule has 0 fully saturated rings. The number of aliphatic carboxylic acids is 1. The van der Waals surface area contributed by atoms with E-state index in [1.54, 1.807) is 13.8 Å². The number of carbonyl (C=O) groups excluding carboxylic acids is 4. The van der Waals surface area contributed by atoms with E-state index in [4.69, 9.17) is 11.5 Å². The number of hydrogen-bond donors (Lipinski definition) is 8. The monoisotopic (exact) mass is 531 g/mol. The van der Waals surface area contributed by atoms with Crippen LogP contribution >= 0.6 is 0 Å². The Balaban J connectivity index is 2.23. The fourth-order valence-corrected chi connectivity index (χ4v) is 3.42. The van der Waals surface area contributed by atoms with Gasteiger partial charge in [-0.2, -0.15) is 0 Å². The molecule has 0 bridgehead atoms. The zero-order chi connectivity index (χ0) is 28.4. The standard InChI is InChI=1S/C24H33N7O7/c1-12(2)20(26)23(36)30-17(9-19(25)33)22(35)29-16(8-14-10-27-11-28-14)21(34)31-18(24(37)38)7-13-3-5-15(32)6-4-13/h3-6,10-12,16-18,20,32H,7-9,26H2,1-2H3,(H2,25,33)(H,27,28)(H,29,35)(H,30,36)(H,31,34)(H,37,38). The van der Waals surface area contributed by atoms with Gasteiger partial charge in [0.05, 0.1) is 18.8 Å². The summed E-state index contributed by atoms with van der Waals surface area (Å²) in [6.07, 6.45) is 2.02. The van der Waals surface area contributed by atoms with Crippen molar-refractivity contribution in [2.24, 2.45) is 17.4 Å². The highest BCUT2D eigenvalue weighted by molar-refractivity contribution is 5.96. The molecule has 14 nitrogen and oxygen atoms in total. The number of phenols is 1. The molecular formula is C24H33N7O7. The molecule has 0 radical (unpaired) electrons. The summed E-state index contributed by atoms with van der Waals surface area (Å²) in [5.74, 6) is -4.86. The number of aromatic hydroxyl groups is 1. The highest BCUT2D eigenvalue weighted by Crippen LogP contribution is 2.12. The topological polar surface area (TPSA) is 243 Å². The number of hydrogen-bond acceptors (Lipinski definition) is 8. The lowest BCUT2D eigenvalue weighted by molar-refractivity contribution is -0.142. The molecule has 4 unspecified atom stereocenters. The number of nitrogens with zero attached hydrogens (tertiary/aromatic N) is 1. The predicted molar refractivity (Wildman–Crippen MR) is 134 cm³/mol. The molecule has 14 heteroatoms. The van der Waals surface area contributed by atoms with Gasteiger partial charge in [-0.25, -0.2) is 9.78 Å². The Morgan fingerprint density at radius 3 is 2.03 bits per heavy atom. The highest BCUT2D eigenvalue weighted by atomic mass is 16.4. The van der Waals surface area contributed by atoms with Crippen molar-refractivity contribution in [1.29, 1.82) is 0 Å². The normalized spacial score (nSPS) is 14.1. The molecule has 0 saturated carbocycles. The first-order valence-corrected chi connectivity index (χ1v) is 11.8. The van der Waals surface area contributed by atoms with Gasteiger partial charge < -0.3 is 42.6 Å². The number of carboxylic acids is 1. The summed E-state index contributed by atoms with van der Waals surface area (Å²) in [4.78, 5) is 68.8. The van der Waals surface area contributed by atoms with E-state index >= 15 is 0 Å². The number of aromatic nitrogens is 2. The molecule has 0 aliphatic heterocycles. The first-order valence-electron chi connectivity index (χ1n) is 11.8. The lowest BCUT2D eigenvalue weighted by atomic mass is 10.0. The predicted octanol–water partition coefficient (Wildman–Crippen LogP) is -1.70. The van der Waals surface area contributed by atoms with Crippen LogP contribution in [-0.4, -0.2) is 73.9 Å². The average Bonchev–Trinajstić information content (AvgIpc) is 3.36. The summed E-state index contributed by atoms with van der Waals surface area (Å²) in [5, 5.41) is 26.4. The van der Waals surface area contributed by atoms with Gasteiger partial charge in [-0.1, -0.05) is 26.0 Å². The van der Waals surface area contributed by atoms with Gasteiger partial charge in [0.15, 0.2) is 0 Å². The molecule has 38 heavy (non-hydrogen) atoms. The molecule has 0 aliphatic carbocycles. The molecule has 0 spiro atoms. The molecule has 1 aromatic heterocycles. The Morgan fingerprint density at radius 1 is 0.921 bits per heavy atom. The van der Waals surface area contributed by atoms with E-state index in [2.05, 4.69) is 25.9 Å². The first kappa shape index (κ1) is 29.8. The second-order valence-corrected chi connectivity index (χ2v) is 9.11. The molecule has 4 amide bonds. The average molecular weight is 532 g/mol. The maximum absolute atomic E-state index is 13.2. The van der Waals surface area contributed by atoms with E-state index in [1.165, 1.54) is 36.8 Å². The third-order valence-electron chi connectivity index (χ3n) is 5.66. The number of imidazole rings is 1. The van der Waals surface area contributed by atoms with Crippen LogP contribution in [0.4, 0.5) is 0 Å². The molecular weight excluding hydrogens is 498 g/mol. The van der Waals surface area contributed by atoms with Crippen LogP contribution in [-0.2, 0) is 36.8 Å². The molecule has 2 aromatic rings. The molecule has 206 valence electrons. The van der Waals surface area contributed by atoms with Crippen LogP contribution in [0.3, 0.4) is 0 Å². The SMILES string of the molecule is CC(C)C(N)C(=O)NC(CC(N)=O)C(=O)NC(Cc1cnc[nH]1)C(=O)NC(Cc1ccc(O)cc1)C(=O)O. The molecule has 0 aliphatic rings. The number of phenolic OH excluding ortho intramolecular Hbond substituents is 1. The molecule has 2 rings (SSSR count).